The van der Waals surface area contributed by atoms with Crippen molar-refractivity contribution in [1.82, 2.24) is 20.1 Å². The summed E-state index contributed by atoms with van der Waals surface area (Å²) in [6.45, 7) is 2.72. The number of hydrogen-bond donors (Lipinski definition) is 1. The summed E-state index contributed by atoms with van der Waals surface area (Å²) in [4.78, 5) is 16.1. The van der Waals surface area contributed by atoms with Gasteiger partial charge in [0.1, 0.15) is 5.56 Å². The van der Waals surface area contributed by atoms with Gasteiger partial charge in [-0.3, -0.25) is 4.79 Å². The van der Waals surface area contributed by atoms with E-state index in [1.165, 1.54) is 18.3 Å². The van der Waals surface area contributed by atoms with Crippen LogP contribution >= 0.6 is 0 Å². The van der Waals surface area contributed by atoms with Gasteiger partial charge in [-0.1, -0.05) is 12.1 Å². The molecular weight excluding hydrogens is 397 g/mol. The highest BCUT2D eigenvalue weighted by Gasteiger charge is 2.29. The molecule has 0 saturated heterocycles. The minimum absolute atomic E-state index is 0.0402. The number of halogens is 3. The Labute approximate surface area is 171 Å². The fourth-order valence-electron chi connectivity index (χ4n) is 2.94. The van der Waals surface area contributed by atoms with Crippen LogP contribution in [0.5, 0.6) is 5.88 Å². The van der Waals surface area contributed by atoms with Gasteiger partial charge in [-0.15, -0.1) is 0 Å². The highest BCUT2D eigenvalue weighted by molar-refractivity contribution is 5.96. The van der Waals surface area contributed by atoms with E-state index in [4.69, 9.17) is 0 Å². The van der Waals surface area contributed by atoms with Gasteiger partial charge in [-0.2, -0.15) is 18.3 Å². The molecule has 3 rings (SSSR count). The second kappa shape index (κ2) is 8.98. The van der Waals surface area contributed by atoms with Crippen LogP contribution in [0.3, 0.4) is 0 Å². The maximum absolute atomic E-state index is 12.4. The number of benzene rings is 1. The number of ether oxygens (including phenoxy) is 1. The Morgan fingerprint density at radius 2 is 1.90 bits per heavy atom. The van der Waals surface area contributed by atoms with Crippen LogP contribution in [-0.4, -0.2) is 40.0 Å². The molecule has 0 radical (unpaired) electrons. The Balaban J connectivity index is 1.57. The number of aromatic nitrogens is 3. The minimum atomic E-state index is -4.51. The number of rotatable bonds is 7. The van der Waals surface area contributed by atoms with E-state index in [-0.39, 0.29) is 11.4 Å². The Morgan fingerprint density at radius 3 is 2.53 bits per heavy atom. The lowest BCUT2D eigenvalue weighted by molar-refractivity contribution is -0.154. The topological polar surface area (TPSA) is 69.0 Å². The standard InChI is InChI=1S/C21H21F3N4O2/c1-14-12-15(2)28(27-14)17-7-5-16(6-8-17)9-11-25-19(29)18-4-3-10-26-20(18)30-13-21(22,23)24/h3-8,10,12H,9,11,13H2,1-2H3,(H,25,29). The van der Waals surface area contributed by atoms with E-state index in [0.717, 1.165) is 22.6 Å². The Kier molecular flexibility index (Phi) is 6.39. The number of carbonyl (C=O) groups is 1. The van der Waals surface area contributed by atoms with Crippen LogP contribution in [0, 0.1) is 13.8 Å². The Bertz CT molecular complexity index is 1010. The van der Waals surface area contributed by atoms with Crippen LogP contribution in [0.4, 0.5) is 13.2 Å². The molecule has 2 aromatic heterocycles. The fraction of sp³-hybridized carbons (Fsp3) is 0.286. The molecule has 0 spiro atoms. The average Bonchev–Trinajstić information content (AvgIpc) is 3.04. The second-order valence-corrected chi connectivity index (χ2v) is 6.77. The number of hydrogen-bond acceptors (Lipinski definition) is 4. The summed E-state index contributed by atoms with van der Waals surface area (Å²) in [5.41, 5.74) is 3.87. The second-order valence-electron chi connectivity index (χ2n) is 6.77. The number of carbonyl (C=O) groups excluding carboxylic acids is 1. The number of nitrogens with one attached hydrogen (secondary N) is 1. The summed E-state index contributed by atoms with van der Waals surface area (Å²) in [6, 6.07) is 12.6. The van der Waals surface area contributed by atoms with Crippen molar-refractivity contribution in [2.45, 2.75) is 26.4 Å². The molecule has 158 valence electrons. The molecule has 0 unspecified atom stereocenters. The van der Waals surface area contributed by atoms with Crippen molar-refractivity contribution in [3.8, 4) is 11.6 Å². The third kappa shape index (κ3) is 5.59. The quantitative estimate of drug-likeness (QED) is 0.634. The van der Waals surface area contributed by atoms with Crippen LogP contribution in [0.15, 0.2) is 48.7 Å². The van der Waals surface area contributed by atoms with E-state index >= 15 is 0 Å². The van der Waals surface area contributed by atoms with Gasteiger partial charge >= 0.3 is 6.18 Å². The summed E-state index contributed by atoms with van der Waals surface area (Å²) < 4.78 is 43.6. The van der Waals surface area contributed by atoms with Crippen molar-refractivity contribution in [3.63, 3.8) is 0 Å². The first kappa shape index (κ1) is 21.4. The molecule has 0 bridgehead atoms. The molecule has 1 aromatic carbocycles. The van der Waals surface area contributed by atoms with E-state index in [9.17, 15) is 18.0 Å². The molecule has 0 fully saturated rings. The first-order valence-corrected chi connectivity index (χ1v) is 9.28. The molecule has 1 amide bonds. The largest absolute Gasteiger partial charge is 0.467 e. The van der Waals surface area contributed by atoms with Gasteiger partial charge < -0.3 is 10.1 Å². The van der Waals surface area contributed by atoms with Crippen molar-refractivity contribution in [2.75, 3.05) is 13.2 Å². The minimum Gasteiger partial charge on any atom is -0.467 e. The van der Waals surface area contributed by atoms with E-state index in [2.05, 4.69) is 20.1 Å². The first-order chi connectivity index (χ1) is 14.2. The van der Waals surface area contributed by atoms with E-state index in [1.807, 2.05) is 48.9 Å². The van der Waals surface area contributed by atoms with Crippen molar-refractivity contribution < 1.29 is 22.7 Å². The van der Waals surface area contributed by atoms with Gasteiger partial charge in [0, 0.05) is 18.4 Å². The summed E-state index contributed by atoms with van der Waals surface area (Å²) in [6.07, 6.45) is -2.68. The lowest BCUT2D eigenvalue weighted by atomic mass is 10.1. The van der Waals surface area contributed by atoms with Crippen LogP contribution in [-0.2, 0) is 6.42 Å². The van der Waals surface area contributed by atoms with Crippen molar-refractivity contribution in [1.29, 1.82) is 0 Å². The zero-order valence-electron chi connectivity index (χ0n) is 16.5. The van der Waals surface area contributed by atoms with Gasteiger partial charge in [0.05, 0.1) is 11.4 Å². The summed E-state index contributed by atoms with van der Waals surface area (Å²) in [5.74, 6) is -0.888. The molecule has 6 nitrogen and oxygen atoms in total. The predicted octanol–water partition coefficient (Wildman–Crippen LogP) is 3.80. The lowest BCUT2D eigenvalue weighted by Crippen LogP contribution is -2.27. The first-order valence-electron chi connectivity index (χ1n) is 9.28. The number of amides is 1. The Hall–Kier alpha value is -3.36. The maximum atomic E-state index is 12.4. The van der Waals surface area contributed by atoms with Crippen LogP contribution in [0.25, 0.3) is 5.69 Å². The molecule has 0 aliphatic heterocycles. The molecule has 30 heavy (non-hydrogen) atoms. The van der Waals surface area contributed by atoms with Gasteiger partial charge in [-0.25, -0.2) is 9.67 Å². The molecular formula is C21H21F3N4O2. The molecule has 3 aromatic rings. The molecule has 0 aliphatic carbocycles. The van der Waals surface area contributed by atoms with Gasteiger partial charge in [-0.05, 0) is 56.2 Å². The molecule has 0 aliphatic rings. The summed E-state index contributed by atoms with van der Waals surface area (Å²) in [7, 11) is 0. The predicted molar refractivity (Wildman–Crippen MR) is 105 cm³/mol. The van der Waals surface area contributed by atoms with Crippen LogP contribution in [0.2, 0.25) is 0 Å². The number of nitrogens with zero attached hydrogens (tertiary/aromatic N) is 3. The van der Waals surface area contributed by atoms with Crippen molar-refractivity contribution >= 4 is 5.91 Å². The monoisotopic (exact) mass is 418 g/mol. The molecule has 2 heterocycles. The number of aryl methyl sites for hydroxylation is 2. The molecule has 0 saturated carbocycles. The molecule has 0 atom stereocenters. The highest BCUT2D eigenvalue weighted by Crippen LogP contribution is 2.20. The average molecular weight is 418 g/mol. The Morgan fingerprint density at radius 1 is 1.17 bits per heavy atom. The molecule has 9 heteroatoms. The summed E-state index contributed by atoms with van der Waals surface area (Å²) >= 11 is 0. The van der Waals surface area contributed by atoms with Crippen molar-refractivity contribution in [3.05, 3.63) is 71.2 Å². The zero-order valence-corrected chi connectivity index (χ0v) is 16.5. The lowest BCUT2D eigenvalue weighted by Gasteiger charge is -2.12. The highest BCUT2D eigenvalue weighted by atomic mass is 19.4. The van der Waals surface area contributed by atoms with Crippen molar-refractivity contribution in [2.24, 2.45) is 0 Å². The van der Waals surface area contributed by atoms with Crippen LogP contribution in [0.1, 0.15) is 27.3 Å². The number of pyridine rings is 1. The van der Waals surface area contributed by atoms with Crippen LogP contribution < -0.4 is 10.1 Å². The fourth-order valence-corrected chi connectivity index (χ4v) is 2.94. The normalized spacial score (nSPS) is 11.4. The van der Waals surface area contributed by atoms with E-state index in [1.54, 1.807) is 0 Å². The number of alkyl halides is 3. The summed E-state index contributed by atoms with van der Waals surface area (Å²) in [5, 5.41) is 7.13. The smallest absolute Gasteiger partial charge is 0.422 e. The maximum Gasteiger partial charge on any atom is 0.422 e. The van der Waals surface area contributed by atoms with E-state index < -0.39 is 18.7 Å². The van der Waals surface area contributed by atoms with Gasteiger partial charge in [0.15, 0.2) is 6.61 Å². The third-order valence-corrected chi connectivity index (χ3v) is 4.28. The van der Waals surface area contributed by atoms with E-state index in [0.29, 0.717) is 13.0 Å². The SMILES string of the molecule is Cc1cc(C)n(-c2ccc(CCNC(=O)c3cccnc3OCC(F)(F)F)cc2)n1. The third-order valence-electron chi connectivity index (χ3n) is 4.28. The molecule has 1 N–H and O–H groups in total. The van der Waals surface area contributed by atoms with Gasteiger partial charge in [0.25, 0.3) is 5.91 Å². The van der Waals surface area contributed by atoms with Gasteiger partial charge in [0.2, 0.25) is 5.88 Å². The zero-order chi connectivity index (χ0) is 21.7.